The zero-order chi connectivity index (χ0) is 11.4. The molecule has 1 saturated carbocycles. The van der Waals surface area contributed by atoms with Crippen molar-refractivity contribution in [2.45, 2.75) is 51.6 Å². The monoisotopic (exact) mass is 220 g/mol. The van der Waals surface area contributed by atoms with E-state index in [1.54, 1.807) is 0 Å². The second kappa shape index (κ2) is 5.19. The summed E-state index contributed by atoms with van der Waals surface area (Å²) < 4.78 is 5.91. The minimum absolute atomic E-state index is 0.305. The van der Waals surface area contributed by atoms with Gasteiger partial charge in [0, 0.05) is 5.69 Å². The summed E-state index contributed by atoms with van der Waals surface area (Å²) >= 11 is 0. The van der Waals surface area contributed by atoms with Gasteiger partial charge in [0.1, 0.15) is 6.10 Å². The number of ether oxygens (including phenoxy) is 1. The van der Waals surface area contributed by atoms with E-state index in [1.165, 1.54) is 25.7 Å². The number of aromatic nitrogens is 1. The van der Waals surface area contributed by atoms with E-state index in [2.05, 4.69) is 4.98 Å². The normalized spacial score (nSPS) is 18.1. The quantitative estimate of drug-likeness (QED) is 0.779. The maximum absolute atomic E-state index is 5.91. The highest BCUT2D eigenvalue weighted by atomic mass is 16.5. The maximum Gasteiger partial charge on any atom is 0.237 e. The molecular formula is C13H20N2O. The van der Waals surface area contributed by atoms with Crippen LogP contribution >= 0.6 is 0 Å². The summed E-state index contributed by atoms with van der Waals surface area (Å²) in [6, 6.07) is 3.78. The third kappa shape index (κ3) is 2.87. The molecule has 1 heterocycles. The first-order valence-electron chi connectivity index (χ1n) is 6.15. The highest BCUT2D eigenvalue weighted by molar-refractivity contribution is 5.48. The summed E-state index contributed by atoms with van der Waals surface area (Å²) in [5, 5.41) is 0. The van der Waals surface area contributed by atoms with E-state index in [-0.39, 0.29) is 0 Å². The number of hydrogen-bond acceptors (Lipinski definition) is 3. The lowest BCUT2D eigenvalue weighted by atomic mass is 10.1. The molecule has 0 spiro atoms. The summed E-state index contributed by atoms with van der Waals surface area (Å²) in [5.41, 5.74) is 7.46. The molecule has 3 nitrogen and oxygen atoms in total. The van der Waals surface area contributed by atoms with Gasteiger partial charge in [-0.15, -0.1) is 0 Å². The Balaban J connectivity index is 2.04. The van der Waals surface area contributed by atoms with Crippen molar-refractivity contribution in [2.24, 2.45) is 0 Å². The van der Waals surface area contributed by atoms with Crippen LogP contribution in [0.15, 0.2) is 12.1 Å². The molecule has 1 aromatic heterocycles. The molecule has 1 fully saturated rings. The highest BCUT2D eigenvalue weighted by Gasteiger charge is 2.15. The smallest absolute Gasteiger partial charge is 0.237 e. The Hall–Kier alpha value is -1.25. The first-order chi connectivity index (χ1) is 7.75. The number of pyridine rings is 1. The predicted molar refractivity (Wildman–Crippen MR) is 65.5 cm³/mol. The molecule has 0 bridgehead atoms. The number of nitrogen functional groups attached to an aromatic ring is 1. The first kappa shape index (κ1) is 11.2. The largest absolute Gasteiger partial charge is 0.473 e. The number of nitrogens with two attached hydrogens (primary N) is 1. The molecule has 0 atom stereocenters. The van der Waals surface area contributed by atoms with Crippen molar-refractivity contribution in [1.82, 2.24) is 4.98 Å². The third-order valence-electron chi connectivity index (χ3n) is 3.11. The molecule has 0 unspecified atom stereocenters. The van der Waals surface area contributed by atoms with Crippen molar-refractivity contribution in [2.75, 3.05) is 5.73 Å². The Morgan fingerprint density at radius 3 is 2.56 bits per heavy atom. The van der Waals surface area contributed by atoms with Crippen molar-refractivity contribution in [3.05, 3.63) is 17.8 Å². The van der Waals surface area contributed by atoms with Gasteiger partial charge in [0.2, 0.25) is 5.88 Å². The Kier molecular flexibility index (Phi) is 3.65. The van der Waals surface area contributed by atoms with Gasteiger partial charge in [0.25, 0.3) is 0 Å². The minimum Gasteiger partial charge on any atom is -0.473 e. The zero-order valence-corrected chi connectivity index (χ0v) is 9.91. The van der Waals surface area contributed by atoms with Crippen LogP contribution in [0.5, 0.6) is 5.88 Å². The van der Waals surface area contributed by atoms with Gasteiger partial charge in [-0.1, -0.05) is 12.8 Å². The van der Waals surface area contributed by atoms with E-state index in [9.17, 15) is 0 Å². The lowest BCUT2D eigenvalue weighted by Crippen LogP contribution is -2.17. The van der Waals surface area contributed by atoms with Crippen LogP contribution in [0.25, 0.3) is 0 Å². The van der Waals surface area contributed by atoms with E-state index >= 15 is 0 Å². The van der Waals surface area contributed by atoms with Crippen LogP contribution in [0.3, 0.4) is 0 Å². The van der Waals surface area contributed by atoms with Crippen LogP contribution in [0.2, 0.25) is 0 Å². The van der Waals surface area contributed by atoms with Gasteiger partial charge in [-0.25, -0.2) is 4.98 Å². The maximum atomic E-state index is 5.91. The standard InChI is InChI=1S/C13H20N2O/c1-10-8-9-12(14)13(15-10)16-11-6-4-2-3-5-7-11/h8-9,11H,2-7,14H2,1H3. The van der Waals surface area contributed by atoms with Crippen molar-refractivity contribution < 1.29 is 4.74 Å². The van der Waals surface area contributed by atoms with Crippen LogP contribution in [0.4, 0.5) is 5.69 Å². The Morgan fingerprint density at radius 1 is 1.19 bits per heavy atom. The topological polar surface area (TPSA) is 48.1 Å². The lowest BCUT2D eigenvalue weighted by Gasteiger charge is -2.17. The number of anilines is 1. The van der Waals surface area contributed by atoms with Gasteiger partial charge in [0.05, 0.1) is 5.69 Å². The third-order valence-corrected chi connectivity index (χ3v) is 3.11. The molecule has 0 radical (unpaired) electrons. The molecule has 0 amide bonds. The van der Waals surface area contributed by atoms with Crippen LogP contribution in [-0.4, -0.2) is 11.1 Å². The second-order valence-electron chi connectivity index (χ2n) is 4.58. The Morgan fingerprint density at radius 2 is 1.88 bits per heavy atom. The molecule has 1 aromatic rings. The van der Waals surface area contributed by atoms with Gasteiger partial charge in [0.15, 0.2) is 0 Å². The summed E-state index contributed by atoms with van der Waals surface area (Å²) in [7, 11) is 0. The number of aryl methyl sites for hydroxylation is 1. The average molecular weight is 220 g/mol. The Bertz CT molecular complexity index is 344. The SMILES string of the molecule is Cc1ccc(N)c(OC2CCCCCC2)n1. The Labute approximate surface area is 97.0 Å². The molecule has 0 aromatic carbocycles. The first-order valence-corrected chi connectivity index (χ1v) is 6.15. The van der Waals surface area contributed by atoms with Crippen LogP contribution in [0, 0.1) is 6.92 Å². The van der Waals surface area contributed by atoms with Gasteiger partial charge in [-0.2, -0.15) is 0 Å². The fourth-order valence-corrected chi connectivity index (χ4v) is 2.16. The summed E-state index contributed by atoms with van der Waals surface area (Å²) in [6.07, 6.45) is 7.75. The summed E-state index contributed by atoms with van der Waals surface area (Å²) in [5.74, 6) is 0.618. The fourth-order valence-electron chi connectivity index (χ4n) is 2.16. The summed E-state index contributed by atoms with van der Waals surface area (Å²) in [4.78, 5) is 4.35. The van der Waals surface area contributed by atoms with E-state index in [1.807, 2.05) is 19.1 Å². The van der Waals surface area contributed by atoms with Crippen LogP contribution in [-0.2, 0) is 0 Å². The zero-order valence-electron chi connectivity index (χ0n) is 9.91. The van der Waals surface area contributed by atoms with Gasteiger partial charge in [-0.05, 0) is 44.7 Å². The fraction of sp³-hybridized carbons (Fsp3) is 0.615. The molecular weight excluding hydrogens is 200 g/mol. The van der Waals surface area contributed by atoms with Gasteiger partial charge < -0.3 is 10.5 Å². The molecule has 88 valence electrons. The van der Waals surface area contributed by atoms with E-state index in [4.69, 9.17) is 10.5 Å². The van der Waals surface area contributed by atoms with Crippen LogP contribution < -0.4 is 10.5 Å². The molecule has 3 heteroatoms. The molecule has 0 saturated heterocycles. The van der Waals surface area contributed by atoms with Crippen molar-refractivity contribution >= 4 is 5.69 Å². The van der Waals surface area contributed by atoms with Crippen molar-refractivity contribution in [1.29, 1.82) is 0 Å². The minimum atomic E-state index is 0.305. The average Bonchev–Trinajstić information content (AvgIpc) is 2.52. The van der Waals surface area contributed by atoms with Crippen LogP contribution in [0.1, 0.15) is 44.2 Å². The second-order valence-corrected chi connectivity index (χ2v) is 4.58. The molecule has 16 heavy (non-hydrogen) atoms. The van der Waals surface area contributed by atoms with Gasteiger partial charge >= 0.3 is 0 Å². The van der Waals surface area contributed by atoms with E-state index < -0.39 is 0 Å². The number of nitrogens with zero attached hydrogens (tertiary/aromatic N) is 1. The van der Waals surface area contributed by atoms with Gasteiger partial charge in [-0.3, -0.25) is 0 Å². The molecule has 1 aliphatic carbocycles. The molecule has 2 N–H and O–H groups in total. The molecule has 1 aliphatic rings. The number of rotatable bonds is 2. The predicted octanol–water partition coefficient (Wildman–Crippen LogP) is 3.07. The highest BCUT2D eigenvalue weighted by Crippen LogP contribution is 2.25. The van der Waals surface area contributed by atoms with E-state index in [0.29, 0.717) is 17.7 Å². The summed E-state index contributed by atoms with van der Waals surface area (Å²) in [6.45, 7) is 1.96. The molecule has 2 rings (SSSR count). The number of hydrogen-bond donors (Lipinski definition) is 1. The molecule has 0 aliphatic heterocycles. The van der Waals surface area contributed by atoms with Crippen molar-refractivity contribution in [3.8, 4) is 5.88 Å². The lowest BCUT2D eigenvalue weighted by molar-refractivity contribution is 0.177. The van der Waals surface area contributed by atoms with Crippen molar-refractivity contribution in [3.63, 3.8) is 0 Å². The van der Waals surface area contributed by atoms with E-state index in [0.717, 1.165) is 18.5 Å².